The van der Waals surface area contributed by atoms with Crippen molar-refractivity contribution in [3.63, 3.8) is 0 Å². The smallest absolute Gasteiger partial charge is 0.310 e. The highest BCUT2D eigenvalue weighted by atomic mass is 16.5. The molecule has 1 aliphatic heterocycles. The van der Waals surface area contributed by atoms with Crippen molar-refractivity contribution in [2.75, 3.05) is 6.61 Å². The van der Waals surface area contributed by atoms with Crippen LogP contribution in [0.3, 0.4) is 0 Å². The molecule has 190 valence electrons. The number of ether oxygens (including phenoxy) is 1. The van der Waals surface area contributed by atoms with E-state index >= 15 is 0 Å². The zero-order valence-corrected chi connectivity index (χ0v) is 22.2. The average Bonchev–Trinajstić information content (AvgIpc) is 3.15. The highest BCUT2D eigenvalue weighted by molar-refractivity contribution is 5.76. The van der Waals surface area contributed by atoms with Crippen LogP contribution in [0.15, 0.2) is 11.6 Å². The first-order chi connectivity index (χ1) is 15.9. The van der Waals surface area contributed by atoms with Crippen molar-refractivity contribution >= 4 is 5.97 Å². The van der Waals surface area contributed by atoms with E-state index < -0.39 is 11.4 Å². The molecule has 6 aliphatic rings. The molecule has 11 atom stereocenters. The van der Waals surface area contributed by atoms with E-state index in [1.54, 1.807) is 0 Å². The van der Waals surface area contributed by atoms with Gasteiger partial charge in [-0.05, 0) is 91.3 Å². The minimum atomic E-state index is -0.606. The molecule has 0 unspecified atom stereocenters. The van der Waals surface area contributed by atoms with E-state index in [1.165, 1.54) is 5.57 Å². The zero-order valence-electron chi connectivity index (χ0n) is 22.2. The van der Waals surface area contributed by atoms with Crippen molar-refractivity contribution in [2.24, 2.45) is 56.7 Å². The summed E-state index contributed by atoms with van der Waals surface area (Å²) in [4.78, 5) is 12.9. The van der Waals surface area contributed by atoms with Gasteiger partial charge in [0.2, 0.25) is 0 Å². The minimum Gasteiger partial charge on any atom is -0.481 e. The lowest BCUT2D eigenvalue weighted by molar-refractivity contribution is -0.199. The summed E-state index contributed by atoms with van der Waals surface area (Å²) < 4.78 is 6.75. The first-order valence-corrected chi connectivity index (χ1v) is 14.1. The van der Waals surface area contributed by atoms with Gasteiger partial charge in [-0.15, -0.1) is 0 Å². The molecule has 0 aromatic carbocycles. The van der Waals surface area contributed by atoms with Gasteiger partial charge in [0.1, 0.15) is 0 Å². The van der Waals surface area contributed by atoms with Crippen LogP contribution < -0.4 is 0 Å². The third-order valence-electron chi connectivity index (χ3n) is 13.6. The van der Waals surface area contributed by atoms with Gasteiger partial charge in [-0.1, -0.05) is 53.2 Å². The molecule has 4 heteroatoms. The van der Waals surface area contributed by atoms with Crippen LogP contribution in [0.25, 0.3) is 0 Å². The molecule has 0 radical (unpaired) electrons. The normalized spacial score (nSPS) is 57.5. The van der Waals surface area contributed by atoms with E-state index in [4.69, 9.17) is 4.74 Å². The highest BCUT2D eigenvalue weighted by Crippen LogP contribution is 2.77. The Morgan fingerprint density at radius 2 is 1.74 bits per heavy atom. The Morgan fingerprint density at radius 1 is 1.00 bits per heavy atom. The third kappa shape index (κ3) is 2.46. The van der Waals surface area contributed by atoms with Crippen LogP contribution in [0, 0.1) is 56.7 Å². The number of hydrogen-bond acceptors (Lipinski definition) is 3. The summed E-state index contributed by atoms with van der Waals surface area (Å²) in [5, 5.41) is 21.5. The molecule has 1 heterocycles. The summed E-state index contributed by atoms with van der Waals surface area (Å²) in [7, 11) is 0. The van der Waals surface area contributed by atoms with Gasteiger partial charge in [-0.3, -0.25) is 4.79 Å². The first kappa shape index (κ1) is 23.5. The second kappa shape index (κ2) is 6.91. The lowest BCUT2D eigenvalue weighted by atomic mass is 9.33. The van der Waals surface area contributed by atoms with Crippen LogP contribution in [0.1, 0.15) is 92.9 Å². The van der Waals surface area contributed by atoms with E-state index in [0.29, 0.717) is 23.7 Å². The molecule has 1 saturated heterocycles. The fraction of sp³-hybridized carbons (Fsp3) is 0.900. The van der Waals surface area contributed by atoms with E-state index in [9.17, 15) is 15.0 Å². The Kier molecular flexibility index (Phi) is 4.78. The van der Waals surface area contributed by atoms with Crippen LogP contribution in [-0.2, 0) is 9.53 Å². The number of rotatable bonds is 1. The number of aliphatic hydroxyl groups is 1. The van der Waals surface area contributed by atoms with E-state index in [-0.39, 0.29) is 39.8 Å². The number of carbonyl (C=O) groups is 1. The summed E-state index contributed by atoms with van der Waals surface area (Å²) in [5.41, 5.74) is 1.02. The molecule has 6 rings (SSSR count). The number of carboxylic acid groups (broad SMARTS) is 1. The Balaban J connectivity index is 1.51. The zero-order chi connectivity index (χ0) is 24.5. The molecule has 0 aromatic heterocycles. The van der Waals surface area contributed by atoms with Crippen molar-refractivity contribution in [3.05, 3.63) is 11.6 Å². The Hall–Kier alpha value is -0.870. The molecule has 2 N–H and O–H groups in total. The van der Waals surface area contributed by atoms with E-state index in [0.717, 1.165) is 58.0 Å². The van der Waals surface area contributed by atoms with Crippen molar-refractivity contribution in [1.82, 2.24) is 0 Å². The molecular weight excluding hydrogens is 424 g/mol. The highest BCUT2D eigenvalue weighted by Gasteiger charge is 2.74. The van der Waals surface area contributed by atoms with Gasteiger partial charge in [-0.25, -0.2) is 0 Å². The third-order valence-corrected chi connectivity index (χ3v) is 13.6. The summed E-state index contributed by atoms with van der Waals surface area (Å²) in [6.45, 7) is 15.1. The maximum atomic E-state index is 12.9. The Morgan fingerprint density at radius 3 is 2.44 bits per heavy atom. The molecule has 34 heavy (non-hydrogen) atoms. The van der Waals surface area contributed by atoms with Crippen LogP contribution in [0.4, 0.5) is 0 Å². The monoisotopic (exact) mass is 470 g/mol. The molecule has 0 amide bonds. The summed E-state index contributed by atoms with van der Waals surface area (Å²) in [6, 6.07) is 0. The molecule has 0 aromatic rings. The van der Waals surface area contributed by atoms with Gasteiger partial charge in [0.05, 0.1) is 24.2 Å². The van der Waals surface area contributed by atoms with Gasteiger partial charge < -0.3 is 14.9 Å². The second-order valence-corrected chi connectivity index (χ2v) is 14.6. The van der Waals surface area contributed by atoms with Crippen molar-refractivity contribution in [1.29, 1.82) is 0 Å². The standard InChI is InChI=1S/C30H46O4/c1-17-7-11-29(25(32)33)14-13-27(5)19(23(29)18(17)2)15-20-24-28(27,6)10-8-21-26(3,4)22(31)9-12-30(21,24)16-34-20/h15,17-18,20-24,31H,7-14,16H2,1-6H3,(H,32,33)/t17-,18+,20+,21+,22+,23+,24+,27-,28-,29+,30-/m1/s1. The van der Waals surface area contributed by atoms with Gasteiger partial charge in [0, 0.05) is 11.3 Å². The van der Waals surface area contributed by atoms with Crippen LogP contribution in [0.2, 0.25) is 0 Å². The van der Waals surface area contributed by atoms with Gasteiger partial charge in [0.15, 0.2) is 0 Å². The number of aliphatic carboxylic acids is 1. The fourth-order valence-electron chi connectivity index (χ4n) is 11.2. The van der Waals surface area contributed by atoms with Crippen molar-refractivity contribution in [2.45, 2.75) is 105 Å². The summed E-state index contributed by atoms with van der Waals surface area (Å²) in [5.74, 6) is 1.44. The van der Waals surface area contributed by atoms with Gasteiger partial charge in [0.25, 0.3) is 0 Å². The molecule has 4 saturated carbocycles. The predicted octanol–water partition coefficient (Wildman–Crippen LogP) is 6.08. The molecular formula is C30H46O4. The average molecular weight is 471 g/mol. The molecule has 5 fully saturated rings. The minimum absolute atomic E-state index is 0.0228. The topological polar surface area (TPSA) is 66.8 Å². The lowest BCUT2D eigenvalue weighted by Crippen LogP contribution is -2.67. The van der Waals surface area contributed by atoms with E-state index in [2.05, 4.69) is 47.6 Å². The van der Waals surface area contributed by atoms with Crippen LogP contribution >= 0.6 is 0 Å². The largest absolute Gasteiger partial charge is 0.481 e. The summed E-state index contributed by atoms with van der Waals surface area (Å²) in [6.07, 6.45) is 10.2. The SMILES string of the molecule is C[C@H]1[C@H](C)CC[C@]2(C(=O)O)CC[C@]3(C)C(=C[C@@H]4OC[C@]56CC[C@H](O)C(C)(C)[C@@H]5CC[C@]3(C)[C@H]46)[C@H]12. The lowest BCUT2D eigenvalue weighted by Gasteiger charge is -2.70. The predicted molar refractivity (Wildman–Crippen MR) is 132 cm³/mol. The molecule has 1 spiro atoms. The first-order valence-electron chi connectivity index (χ1n) is 14.1. The van der Waals surface area contributed by atoms with Gasteiger partial charge in [-0.2, -0.15) is 0 Å². The number of allylic oxidation sites excluding steroid dienone is 1. The number of fused-ring (bicyclic) bond motifs is 4. The van der Waals surface area contributed by atoms with E-state index in [1.807, 2.05) is 0 Å². The molecule has 0 bridgehead atoms. The van der Waals surface area contributed by atoms with Crippen LogP contribution in [0.5, 0.6) is 0 Å². The Labute approximate surface area is 205 Å². The van der Waals surface area contributed by atoms with Gasteiger partial charge >= 0.3 is 5.97 Å². The van der Waals surface area contributed by atoms with Crippen LogP contribution in [-0.4, -0.2) is 35.0 Å². The number of aliphatic hydroxyl groups excluding tert-OH is 1. The molecule has 5 aliphatic carbocycles. The quantitative estimate of drug-likeness (QED) is 0.456. The van der Waals surface area contributed by atoms with Crippen molar-refractivity contribution < 1.29 is 19.7 Å². The Bertz CT molecular complexity index is 938. The maximum Gasteiger partial charge on any atom is 0.310 e. The maximum absolute atomic E-state index is 12.9. The fourth-order valence-corrected chi connectivity index (χ4v) is 11.2. The molecule has 4 nitrogen and oxygen atoms in total. The summed E-state index contributed by atoms with van der Waals surface area (Å²) >= 11 is 0. The van der Waals surface area contributed by atoms with Crippen molar-refractivity contribution in [3.8, 4) is 0 Å². The second-order valence-electron chi connectivity index (χ2n) is 14.6. The number of carboxylic acids is 1. The number of hydrogen-bond donors (Lipinski definition) is 2.